The van der Waals surface area contributed by atoms with Crippen LogP contribution in [0.5, 0.6) is 0 Å². The van der Waals surface area contributed by atoms with Crippen LogP contribution in [0, 0.1) is 12.7 Å². The smallest absolute Gasteiger partial charge is 0.251 e. The van der Waals surface area contributed by atoms with Crippen molar-refractivity contribution in [3.8, 4) is 0 Å². The molecule has 0 unspecified atom stereocenters. The molecule has 0 aromatic heterocycles. The minimum Gasteiger partial charge on any atom is -0.352 e. The lowest BCUT2D eigenvalue weighted by molar-refractivity contribution is 0.0952. The molecule has 2 nitrogen and oxygen atoms in total. The molecule has 94 valence electrons. The number of benzene rings is 1. The van der Waals surface area contributed by atoms with Crippen molar-refractivity contribution in [2.45, 2.75) is 26.2 Å². The molecular weight excluding hydrogens is 285 g/mol. The lowest BCUT2D eigenvalue weighted by atomic mass is 10.1. The lowest BCUT2D eigenvalue weighted by Crippen LogP contribution is -2.25. The number of alkyl halides is 1. The van der Waals surface area contributed by atoms with Gasteiger partial charge in [-0.05, 0) is 43.5 Å². The summed E-state index contributed by atoms with van der Waals surface area (Å²) in [7, 11) is 0. The highest BCUT2D eigenvalue weighted by atomic mass is 79.9. The molecule has 1 amide bonds. The Labute approximate surface area is 110 Å². The number of nitrogens with one attached hydrogen (secondary N) is 1. The number of halogens is 2. The summed E-state index contributed by atoms with van der Waals surface area (Å²) in [4.78, 5) is 11.8. The first kappa shape index (κ1) is 14.2. The number of carbonyl (C=O) groups excluding carboxylic acids is 1. The third-order valence-electron chi connectivity index (χ3n) is 2.53. The van der Waals surface area contributed by atoms with E-state index in [9.17, 15) is 9.18 Å². The molecule has 17 heavy (non-hydrogen) atoms. The van der Waals surface area contributed by atoms with Gasteiger partial charge in [0.05, 0.1) is 0 Å². The number of carbonyl (C=O) groups is 1. The molecule has 0 bridgehead atoms. The number of rotatable bonds is 6. The van der Waals surface area contributed by atoms with Gasteiger partial charge in [-0.1, -0.05) is 22.4 Å². The Balaban J connectivity index is 2.42. The van der Waals surface area contributed by atoms with Gasteiger partial charge >= 0.3 is 0 Å². The van der Waals surface area contributed by atoms with E-state index in [-0.39, 0.29) is 11.7 Å². The van der Waals surface area contributed by atoms with Crippen molar-refractivity contribution in [2.75, 3.05) is 11.9 Å². The normalized spacial score (nSPS) is 10.3. The van der Waals surface area contributed by atoms with Gasteiger partial charge in [0.25, 0.3) is 5.91 Å². The van der Waals surface area contributed by atoms with Crippen molar-refractivity contribution in [3.05, 3.63) is 35.1 Å². The van der Waals surface area contributed by atoms with Gasteiger partial charge in [0.2, 0.25) is 0 Å². The molecule has 0 saturated carbocycles. The Morgan fingerprint density at radius 1 is 1.35 bits per heavy atom. The molecule has 0 aliphatic heterocycles. The second-order valence-corrected chi connectivity index (χ2v) is 4.76. The fraction of sp³-hybridized carbons (Fsp3) is 0.462. The highest BCUT2D eigenvalue weighted by Crippen LogP contribution is 2.09. The van der Waals surface area contributed by atoms with Crippen molar-refractivity contribution in [1.82, 2.24) is 5.32 Å². The SMILES string of the molecule is Cc1cc(F)ccc1C(=O)NCCCCCBr. The zero-order valence-electron chi connectivity index (χ0n) is 9.93. The fourth-order valence-electron chi connectivity index (χ4n) is 1.58. The molecule has 1 N–H and O–H groups in total. The topological polar surface area (TPSA) is 29.1 Å². The summed E-state index contributed by atoms with van der Waals surface area (Å²) < 4.78 is 12.9. The maximum atomic E-state index is 12.9. The largest absolute Gasteiger partial charge is 0.352 e. The van der Waals surface area contributed by atoms with Crippen LogP contribution in [0.25, 0.3) is 0 Å². The van der Waals surface area contributed by atoms with E-state index in [0.29, 0.717) is 17.7 Å². The van der Waals surface area contributed by atoms with Gasteiger partial charge in [0.1, 0.15) is 5.82 Å². The minimum absolute atomic E-state index is 0.124. The maximum absolute atomic E-state index is 12.9. The van der Waals surface area contributed by atoms with Crippen LogP contribution in [0.2, 0.25) is 0 Å². The quantitative estimate of drug-likeness (QED) is 0.633. The molecular formula is C13H17BrFNO. The summed E-state index contributed by atoms with van der Waals surface area (Å²) >= 11 is 3.36. The van der Waals surface area contributed by atoms with E-state index in [0.717, 1.165) is 24.6 Å². The van der Waals surface area contributed by atoms with E-state index >= 15 is 0 Å². The molecule has 0 atom stereocenters. The second-order valence-electron chi connectivity index (χ2n) is 3.96. The predicted molar refractivity (Wildman–Crippen MR) is 71.1 cm³/mol. The summed E-state index contributed by atoms with van der Waals surface area (Å²) in [5.41, 5.74) is 1.22. The van der Waals surface area contributed by atoms with Gasteiger partial charge in [-0.2, -0.15) is 0 Å². The summed E-state index contributed by atoms with van der Waals surface area (Å²) in [6, 6.07) is 4.21. The minimum atomic E-state index is -0.309. The molecule has 1 aromatic carbocycles. The maximum Gasteiger partial charge on any atom is 0.251 e. The van der Waals surface area contributed by atoms with Crippen molar-refractivity contribution >= 4 is 21.8 Å². The first-order chi connectivity index (χ1) is 8.15. The summed E-state index contributed by atoms with van der Waals surface area (Å²) in [5.74, 6) is -0.433. The highest BCUT2D eigenvalue weighted by Gasteiger charge is 2.08. The molecule has 1 aromatic rings. The third kappa shape index (κ3) is 4.86. The average Bonchev–Trinajstić information content (AvgIpc) is 2.28. The average molecular weight is 302 g/mol. The number of hydrogen-bond acceptors (Lipinski definition) is 1. The lowest BCUT2D eigenvalue weighted by Gasteiger charge is -2.07. The van der Waals surface area contributed by atoms with Gasteiger partial charge in [0.15, 0.2) is 0 Å². The van der Waals surface area contributed by atoms with E-state index in [1.807, 2.05) is 0 Å². The summed E-state index contributed by atoms with van der Waals surface area (Å²) in [6.45, 7) is 2.41. The second kappa shape index (κ2) is 7.43. The fourth-order valence-corrected chi connectivity index (χ4v) is 1.97. The molecule has 0 heterocycles. The van der Waals surface area contributed by atoms with Gasteiger partial charge in [-0.15, -0.1) is 0 Å². The Kier molecular flexibility index (Phi) is 6.19. The van der Waals surface area contributed by atoms with Crippen LogP contribution in [0.1, 0.15) is 35.2 Å². The Bertz CT molecular complexity index is 382. The Hall–Kier alpha value is -0.900. The molecule has 0 aliphatic carbocycles. The van der Waals surface area contributed by atoms with Gasteiger partial charge in [-0.3, -0.25) is 4.79 Å². The summed E-state index contributed by atoms with van der Waals surface area (Å²) in [5, 5.41) is 3.84. The molecule has 1 rings (SSSR count). The van der Waals surface area contributed by atoms with Crippen molar-refractivity contribution in [1.29, 1.82) is 0 Å². The first-order valence-electron chi connectivity index (χ1n) is 5.75. The number of hydrogen-bond donors (Lipinski definition) is 1. The van der Waals surface area contributed by atoms with Crippen molar-refractivity contribution < 1.29 is 9.18 Å². The van der Waals surface area contributed by atoms with Crippen molar-refractivity contribution in [3.63, 3.8) is 0 Å². The van der Waals surface area contributed by atoms with Crippen LogP contribution < -0.4 is 5.32 Å². The van der Waals surface area contributed by atoms with Crippen LogP contribution in [0.15, 0.2) is 18.2 Å². The number of unbranched alkanes of at least 4 members (excludes halogenated alkanes) is 2. The first-order valence-corrected chi connectivity index (χ1v) is 6.87. The van der Waals surface area contributed by atoms with Gasteiger partial charge in [-0.25, -0.2) is 4.39 Å². The Morgan fingerprint density at radius 2 is 2.12 bits per heavy atom. The van der Waals surface area contributed by atoms with Crippen LogP contribution in [0.4, 0.5) is 4.39 Å². The predicted octanol–water partition coefficient (Wildman–Crippen LogP) is 3.43. The number of amides is 1. The van der Waals surface area contributed by atoms with Crippen LogP contribution >= 0.6 is 15.9 Å². The molecule has 0 aliphatic rings. The molecule has 0 fully saturated rings. The highest BCUT2D eigenvalue weighted by molar-refractivity contribution is 9.09. The standard InChI is InChI=1S/C13H17BrFNO/c1-10-9-11(15)5-6-12(10)13(17)16-8-4-2-3-7-14/h5-6,9H,2-4,7-8H2,1H3,(H,16,17). The molecule has 0 saturated heterocycles. The van der Waals surface area contributed by atoms with E-state index in [2.05, 4.69) is 21.2 Å². The summed E-state index contributed by atoms with van der Waals surface area (Å²) in [6.07, 6.45) is 3.18. The molecule has 0 radical (unpaired) electrons. The van der Waals surface area contributed by atoms with Crippen molar-refractivity contribution in [2.24, 2.45) is 0 Å². The third-order valence-corrected chi connectivity index (χ3v) is 3.09. The van der Waals surface area contributed by atoms with Gasteiger partial charge < -0.3 is 5.32 Å². The van der Waals surface area contributed by atoms with Gasteiger partial charge in [0, 0.05) is 17.4 Å². The van der Waals surface area contributed by atoms with E-state index in [1.54, 1.807) is 6.92 Å². The van der Waals surface area contributed by atoms with Crippen LogP contribution in [0.3, 0.4) is 0 Å². The zero-order chi connectivity index (χ0) is 12.7. The van der Waals surface area contributed by atoms with E-state index in [4.69, 9.17) is 0 Å². The van der Waals surface area contributed by atoms with Crippen LogP contribution in [-0.4, -0.2) is 17.8 Å². The Morgan fingerprint density at radius 3 is 2.76 bits per heavy atom. The molecule has 0 spiro atoms. The monoisotopic (exact) mass is 301 g/mol. The zero-order valence-corrected chi connectivity index (χ0v) is 11.5. The number of aryl methyl sites for hydroxylation is 1. The molecule has 4 heteroatoms. The van der Waals surface area contributed by atoms with E-state index in [1.165, 1.54) is 18.2 Å². The van der Waals surface area contributed by atoms with Crippen LogP contribution in [-0.2, 0) is 0 Å². The van der Waals surface area contributed by atoms with E-state index < -0.39 is 0 Å².